The number of rotatable bonds is 13. The van der Waals surface area contributed by atoms with Crippen molar-refractivity contribution in [2.45, 2.75) is 45.1 Å². The molecule has 1 aromatic heterocycles. The van der Waals surface area contributed by atoms with Crippen molar-refractivity contribution >= 4 is 39.4 Å². The van der Waals surface area contributed by atoms with Crippen LogP contribution in [0, 0.1) is 0 Å². The Morgan fingerprint density at radius 2 is 1.55 bits per heavy atom. The average molecular weight is 625 g/mol. The van der Waals surface area contributed by atoms with Crippen LogP contribution >= 0.6 is 21.6 Å². The predicted octanol–water partition coefficient (Wildman–Crippen LogP) is 6.72. The highest BCUT2D eigenvalue weighted by atomic mass is 33.1. The molecule has 0 amide bonds. The van der Waals surface area contributed by atoms with Gasteiger partial charge in [-0.1, -0.05) is 51.9 Å². The largest absolute Gasteiger partial charge is 0.375 e. The highest BCUT2D eigenvalue weighted by Crippen LogP contribution is 2.26. The van der Waals surface area contributed by atoms with Crippen molar-refractivity contribution < 1.29 is 9.47 Å². The molecule has 6 rings (SSSR count). The summed E-state index contributed by atoms with van der Waals surface area (Å²) in [4.78, 5) is 6.62. The van der Waals surface area contributed by atoms with Gasteiger partial charge in [-0.3, -0.25) is 4.90 Å². The summed E-state index contributed by atoms with van der Waals surface area (Å²) in [6, 6.07) is 15.6. The molecule has 0 spiro atoms. The van der Waals surface area contributed by atoms with Gasteiger partial charge in [0, 0.05) is 55.8 Å². The van der Waals surface area contributed by atoms with Gasteiger partial charge in [0.25, 0.3) is 0 Å². The fourth-order valence-corrected chi connectivity index (χ4v) is 8.52. The zero-order chi connectivity index (χ0) is 29.8. The normalized spacial score (nSPS) is 20.5. The van der Waals surface area contributed by atoms with Crippen molar-refractivity contribution in [3.05, 3.63) is 119 Å². The van der Waals surface area contributed by atoms with Gasteiger partial charge in [-0.2, -0.15) is 4.57 Å². The molecule has 2 aromatic rings. The first-order valence-corrected chi connectivity index (χ1v) is 19.1. The van der Waals surface area contributed by atoms with Crippen molar-refractivity contribution in [2.75, 3.05) is 55.7 Å². The Bertz CT molecular complexity index is 1410. The summed E-state index contributed by atoms with van der Waals surface area (Å²) in [5.74, 6) is 2.26. The van der Waals surface area contributed by atoms with E-state index in [9.17, 15) is 0 Å². The minimum Gasteiger partial charge on any atom is -0.375 e. The second-order valence-corrected chi connectivity index (χ2v) is 14.8. The van der Waals surface area contributed by atoms with Crippen LogP contribution in [0.25, 0.3) is 12.2 Å². The molecule has 1 atom stereocenters. The molecular formula is C38H48N4S2+2. The van der Waals surface area contributed by atoms with E-state index >= 15 is 0 Å². The Kier molecular flexibility index (Phi) is 11.6. The maximum atomic E-state index is 2.57. The summed E-state index contributed by atoms with van der Waals surface area (Å²) in [7, 11) is 4.02. The van der Waals surface area contributed by atoms with Gasteiger partial charge in [-0.15, -0.1) is 0 Å². The molecule has 1 aliphatic carbocycles. The number of hydrogen-bond donors (Lipinski definition) is 1. The summed E-state index contributed by atoms with van der Waals surface area (Å²) >= 11 is 0. The van der Waals surface area contributed by atoms with Crippen LogP contribution in [-0.4, -0.2) is 55.7 Å². The zero-order valence-corrected chi connectivity index (χ0v) is 27.7. The lowest BCUT2D eigenvalue weighted by Crippen LogP contribution is -3.10. The number of pyridine rings is 1. The van der Waals surface area contributed by atoms with E-state index in [2.05, 4.69) is 118 Å². The van der Waals surface area contributed by atoms with Gasteiger partial charge in [-0.05, 0) is 98.2 Å². The standard InChI is InChI=1S/C38H47N4S2/c1-3-23-41(35(9-1)17-11-33-13-19-37(20-14-33)39-25-5-6-26-39)29-31-43-44-32-30-42-24-4-2-10-36(42)18-12-34-15-21-38(22-16-34)40-27-7-8-28-40/h1-4,9-15,17-21,24H,5-8,16,22-23,25-32H2/q+1/p+1/b17-11+. The van der Waals surface area contributed by atoms with Gasteiger partial charge >= 0.3 is 0 Å². The maximum absolute atomic E-state index is 2.57. The van der Waals surface area contributed by atoms with Crippen LogP contribution < -0.4 is 14.4 Å². The second-order valence-electron chi connectivity index (χ2n) is 12.1. The van der Waals surface area contributed by atoms with Gasteiger partial charge in [0.2, 0.25) is 5.69 Å². The lowest BCUT2D eigenvalue weighted by atomic mass is 10.0. The zero-order valence-electron chi connectivity index (χ0n) is 26.1. The van der Waals surface area contributed by atoms with E-state index in [4.69, 9.17) is 0 Å². The Morgan fingerprint density at radius 1 is 0.750 bits per heavy atom. The summed E-state index contributed by atoms with van der Waals surface area (Å²) < 4.78 is 2.39. The molecule has 4 nitrogen and oxygen atoms in total. The van der Waals surface area contributed by atoms with Crippen molar-refractivity contribution in [2.24, 2.45) is 0 Å². The molecule has 1 aromatic carbocycles. The lowest BCUT2D eigenvalue weighted by Gasteiger charge is -2.23. The van der Waals surface area contributed by atoms with Crippen molar-refractivity contribution in [1.29, 1.82) is 0 Å². The topological polar surface area (TPSA) is 14.8 Å². The van der Waals surface area contributed by atoms with E-state index in [0.717, 1.165) is 37.6 Å². The van der Waals surface area contributed by atoms with Crippen LogP contribution in [0.3, 0.4) is 0 Å². The van der Waals surface area contributed by atoms with Gasteiger partial charge in [0.05, 0.1) is 18.1 Å². The number of nitrogens with one attached hydrogen (secondary N) is 1. The Labute approximate surface area is 273 Å². The molecule has 44 heavy (non-hydrogen) atoms. The predicted molar refractivity (Wildman–Crippen MR) is 192 cm³/mol. The minimum atomic E-state index is 1.03. The number of likely N-dealkylation sites (tertiary alicyclic amines) is 1. The molecule has 230 valence electrons. The first kappa shape index (κ1) is 31.1. The molecule has 6 heteroatoms. The summed E-state index contributed by atoms with van der Waals surface area (Å²) in [6.07, 6.45) is 30.5. The molecule has 2 fully saturated rings. The van der Waals surface area contributed by atoms with Gasteiger partial charge in [0.15, 0.2) is 12.7 Å². The Hall–Kier alpha value is -2.93. The molecule has 1 unspecified atom stereocenters. The van der Waals surface area contributed by atoms with Crippen LogP contribution in [0.15, 0.2) is 108 Å². The number of aryl methyl sites for hydroxylation is 1. The Balaban J connectivity index is 0.925. The summed E-state index contributed by atoms with van der Waals surface area (Å²) in [5, 5.41) is 0. The van der Waals surface area contributed by atoms with Crippen LogP contribution in [0.4, 0.5) is 5.69 Å². The molecule has 1 N–H and O–H groups in total. The number of anilines is 1. The first-order chi connectivity index (χ1) is 21.8. The third kappa shape index (κ3) is 8.83. The van der Waals surface area contributed by atoms with Crippen molar-refractivity contribution in [3.63, 3.8) is 0 Å². The van der Waals surface area contributed by atoms with E-state index in [-0.39, 0.29) is 0 Å². The van der Waals surface area contributed by atoms with E-state index < -0.39 is 0 Å². The molecule has 4 aliphatic rings. The third-order valence-corrected chi connectivity index (χ3v) is 11.5. The molecular weight excluding hydrogens is 577 g/mol. The molecule has 4 heterocycles. The number of hydrogen-bond acceptors (Lipinski definition) is 4. The minimum absolute atomic E-state index is 1.03. The summed E-state index contributed by atoms with van der Waals surface area (Å²) in [6.45, 7) is 8.11. The monoisotopic (exact) mass is 624 g/mol. The first-order valence-electron chi connectivity index (χ1n) is 16.6. The highest BCUT2D eigenvalue weighted by Gasteiger charge is 2.17. The van der Waals surface area contributed by atoms with Crippen LogP contribution in [0.5, 0.6) is 0 Å². The second kappa shape index (κ2) is 16.4. The smallest absolute Gasteiger partial charge is 0.205 e. The van der Waals surface area contributed by atoms with E-state index in [1.165, 1.54) is 92.2 Å². The number of allylic oxidation sites excluding steroid dienone is 8. The molecule has 3 aliphatic heterocycles. The maximum Gasteiger partial charge on any atom is 0.205 e. The van der Waals surface area contributed by atoms with E-state index in [1.54, 1.807) is 4.90 Å². The van der Waals surface area contributed by atoms with Gasteiger partial charge in [-0.25, -0.2) is 0 Å². The molecule has 0 radical (unpaired) electrons. The molecule has 0 saturated carbocycles. The van der Waals surface area contributed by atoms with E-state index in [0.29, 0.717) is 0 Å². The van der Waals surface area contributed by atoms with Crippen LogP contribution in [-0.2, 0) is 6.54 Å². The SMILES string of the molecule is C1=CC[NH+](CCSSCC[n+]2ccccc2/C=C/C2=CC=C(N3CCCC3)CC2)C(/C=C/c2ccc(N3CCCC3)cc2)=C1. The Morgan fingerprint density at radius 3 is 2.34 bits per heavy atom. The number of benzene rings is 1. The number of nitrogens with zero attached hydrogens (tertiary/aromatic N) is 3. The lowest BCUT2D eigenvalue weighted by molar-refractivity contribution is -0.849. The van der Waals surface area contributed by atoms with Crippen LogP contribution in [0.1, 0.15) is 49.8 Å². The number of quaternary nitrogens is 1. The molecule has 0 bridgehead atoms. The van der Waals surface area contributed by atoms with Crippen molar-refractivity contribution in [1.82, 2.24) is 4.90 Å². The van der Waals surface area contributed by atoms with Crippen LogP contribution in [0.2, 0.25) is 0 Å². The average Bonchev–Trinajstić information content (AvgIpc) is 3.82. The fourth-order valence-electron chi connectivity index (χ4n) is 6.50. The quantitative estimate of drug-likeness (QED) is 0.151. The van der Waals surface area contributed by atoms with Gasteiger partial charge < -0.3 is 9.80 Å². The fraction of sp³-hybridized carbons (Fsp3) is 0.395. The highest BCUT2D eigenvalue weighted by molar-refractivity contribution is 8.76. The van der Waals surface area contributed by atoms with E-state index in [1.807, 2.05) is 21.6 Å². The third-order valence-electron chi connectivity index (χ3n) is 9.11. The van der Waals surface area contributed by atoms with Crippen molar-refractivity contribution in [3.8, 4) is 0 Å². The number of aromatic nitrogens is 1. The molecule has 2 saturated heterocycles. The summed E-state index contributed by atoms with van der Waals surface area (Å²) in [5.41, 5.74) is 8.27. The van der Waals surface area contributed by atoms with Gasteiger partial charge in [0.1, 0.15) is 12.2 Å².